The molecule has 0 aliphatic carbocycles. The van der Waals surface area contributed by atoms with Gasteiger partial charge in [-0.15, -0.1) is 0 Å². The van der Waals surface area contributed by atoms with Gasteiger partial charge in [-0.1, -0.05) is 0 Å². The number of fused-ring (bicyclic) bond motifs is 1. The molecular formula is C13H18N4O. The van der Waals surface area contributed by atoms with Crippen LogP contribution < -0.4 is 11.5 Å². The quantitative estimate of drug-likeness (QED) is 0.784. The first-order chi connectivity index (χ1) is 8.63. The van der Waals surface area contributed by atoms with E-state index in [1.165, 1.54) is 6.42 Å². The van der Waals surface area contributed by atoms with E-state index >= 15 is 0 Å². The molecule has 18 heavy (non-hydrogen) atoms. The van der Waals surface area contributed by atoms with Crippen LogP contribution in [0.4, 0.5) is 11.7 Å². The summed E-state index contributed by atoms with van der Waals surface area (Å²) >= 11 is 0. The molecular weight excluding hydrogens is 228 g/mol. The highest BCUT2D eigenvalue weighted by Gasteiger charge is 2.22. The number of oxazole rings is 1. The molecule has 1 saturated heterocycles. The summed E-state index contributed by atoms with van der Waals surface area (Å²) in [6.45, 7) is 2.27. The van der Waals surface area contributed by atoms with Crippen molar-refractivity contribution >= 4 is 22.8 Å². The lowest BCUT2D eigenvalue weighted by molar-refractivity contribution is 0.395. The van der Waals surface area contributed by atoms with Crippen LogP contribution in [-0.2, 0) is 6.42 Å². The van der Waals surface area contributed by atoms with Crippen molar-refractivity contribution in [2.45, 2.75) is 12.8 Å². The third kappa shape index (κ3) is 1.90. The van der Waals surface area contributed by atoms with E-state index in [0.717, 1.165) is 41.9 Å². The van der Waals surface area contributed by atoms with Crippen LogP contribution in [0.15, 0.2) is 16.5 Å². The summed E-state index contributed by atoms with van der Waals surface area (Å²) in [6, 6.07) is 3.92. The van der Waals surface area contributed by atoms with Crippen molar-refractivity contribution in [2.24, 2.45) is 5.92 Å². The van der Waals surface area contributed by atoms with Gasteiger partial charge in [0.25, 0.3) is 6.01 Å². The maximum Gasteiger partial charge on any atom is 0.292 e. The molecule has 5 heteroatoms. The van der Waals surface area contributed by atoms with E-state index in [0.29, 0.717) is 5.92 Å². The van der Waals surface area contributed by atoms with E-state index in [4.69, 9.17) is 15.9 Å². The molecule has 0 spiro atoms. The Labute approximate surface area is 106 Å². The summed E-state index contributed by atoms with van der Waals surface area (Å²) in [4.78, 5) is 6.60. The lowest BCUT2D eigenvalue weighted by atomic mass is 9.96. The average molecular weight is 246 g/mol. The van der Waals surface area contributed by atoms with Crippen molar-refractivity contribution in [2.75, 3.05) is 31.6 Å². The van der Waals surface area contributed by atoms with Crippen LogP contribution in [-0.4, -0.2) is 30.0 Å². The Kier molecular flexibility index (Phi) is 2.63. The van der Waals surface area contributed by atoms with Gasteiger partial charge in [0.1, 0.15) is 5.52 Å². The molecule has 1 atom stereocenters. The van der Waals surface area contributed by atoms with Crippen molar-refractivity contribution in [1.29, 1.82) is 0 Å². The minimum absolute atomic E-state index is 0.209. The number of nitrogens with zero attached hydrogens (tertiary/aromatic N) is 2. The van der Waals surface area contributed by atoms with Crippen LogP contribution >= 0.6 is 0 Å². The molecule has 2 aromatic rings. The number of hydrogen-bond acceptors (Lipinski definition) is 5. The Morgan fingerprint density at radius 3 is 3.00 bits per heavy atom. The van der Waals surface area contributed by atoms with Crippen LogP contribution in [0.25, 0.3) is 11.1 Å². The number of nitrogens with two attached hydrogens (primary N) is 2. The highest BCUT2D eigenvalue weighted by Crippen LogP contribution is 2.30. The number of benzene rings is 1. The third-order valence-electron chi connectivity index (χ3n) is 3.70. The highest BCUT2D eigenvalue weighted by atomic mass is 16.4. The van der Waals surface area contributed by atoms with Crippen LogP contribution in [0, 0.1) is 5.92 Å². The zero-order valence-corrected chi connectivity index (χ0v) is 10.5. The summed E-state index contributed by atoms with van der Waals surface area (Å²) in [5.41, 5.74) is 15.1. The molecule has 5 nitrogen and oxygen atoms in total. The summed E-state index contributed by atoms with van der Waals surface area (Å²) in [5, 5.41) is 0. The maximum absolute atomic E-state index is 6.07. The molecule has 0 saturated carbocycles. The number of hydrogen-bond donors (Lipinski definition) is 2. The fraction of sp³-hybridized carbons (Fsp3) is 0.462. The zero-order valence-electron chi connectivity index (χ0n) is 10.5. The first-order valence-electron chi connectivity index (χ1n) is 6.25. The lowest BCUT2D eigenvalue weighted by Gasteiger charge is -2.12. The van der Waals surface area contributed by atoms with Gasteiger partial charge in [-0.3, -0.25) is 0 Å². The number of nitrogen functional groups attached to an aromatic ring is 2. The Hall–Kier alpha value is -1.75. The highest BCUT2D eigenvalue weighted by molar-refractivity contribution is 5.83. The van der Waals surface area contributed by atoms with Crippen molar-refractivity contribution in [1.82, 2.24) is 9.88 Å². The van der Waals surface area contributed by atoms with E-state index in [1.54, 1.807) is 0 Å². The molecule has 4 N–H and O–H groups in total. The van der Waals surface area contributed by atoms with Gasteiger partial charge in [-0.25, -0.2) is 0 Å². The number of aromatic nitrogens is 1. The van der Waals surface area contributed by atoms with Gasteiger partial charge in [-0.2, -0.15) is 4.98 Å². The summed E-state index contributed by atoms with van der Waals surface area (Å²) < 4.78 is 5.35. The van der Waals surface area contributed by atoms with Crippen molar-refractivity contribution < 1.29 is 4.42 Å². The topological polar surface area (TPSA) is 81.3 Å². The monoisotopic (exact) mass is 246 g/mol. The van der Waals surface area contributed by atoms with E-state index in [9.17, 15) is 0 Å². The van der Waals surface area contributed by atoms with Gasteiger partial charge in [0, 0.05) is 17.8 Å². The predicted molar refractivity (Wildman–Crippen MR) is 72.1 cm³/mol. The van der Waals surface area contributed by atoms with Gasteiger partial charge in [0.2, 0.25) is 0 Å². The molecule has 1 aliphatic heterocycles. The Bertz CT molecular complexity index is 578. The second-order valence-corrected chi connectivity index (χ2v) is 5.15. The zero-order chi connectivity index (χ0) is 12.7. The molecule has 1 aromatic carbocycles. The molecule has 1 aromatic heterocycles. The first-order valence-corrected chi connectivity index (χ1v) is 6.25. The largest absolute Gasteiger partial charge is 0.424 e. The fourth-order valence-corrected chi connectivity index (χ4v) is 2.78. The fourth-order valence-electron chi connectivity index (χ4n) is 2.78. The third-order valence-corrected chi connectivity index (χ3v) is 3.70. The Morgan fingerprint density at radius 1 is 1.44 bits per heavy atom. The van der Waals surface area contributed by atoms with Crippen LogP contribution in [0.5, 0.6) is 0 Å². The minimum atomic E-state index is 0.209. The predicted octanol–water partition coefficient (Wildman–Crippen LogP) is 1.49. The van der Waals surface area contributed by atoms with E-state index in [1.807, 2.05) is 12.1 Å². The normalized spacial score (nSPS) is 20.8. The summed E-state index contributed by atoms with van der Waals surface area (Å²) in [6.07, 6.45) is 2.15. The van der Waals surface area contributed by atoms with Gasteiger partial charge in [-0.05, 0) is 44.5 Å². The molecule has 0 amide bonds. The first kappa shape index (κ1) is 11.3. The SMILES string of the molecule is CN1CCC(Cc2c(N)ccc3oc(N)nc23)C1. The average Bonchev–Trinajstić information content (AvgIpc) is 2.88. The van der Waals surface area contributed by atoms with Crippen molar-refractivity contribution in [3.05, 3.63) is 17.7 Å². The number of likely N-dealkylation sites (tertiary alicyclic amines) is 1. The number of rotatable bonds is 2. The molecule has 0 radical (unpaired) electrons. The molecule has 1 unspecified atom stereocenters. The van der Waals surface area contributed by atoms with Crippen LogP contribution in [0.2, 0.25) is 0 Å². The maximum atomic E-state index is 6.07. The molecule has 1 aliphatic rings. The summed E-state index contributed by atoms with van der Waals surface area (Å²) in [7, 11) is 2.15. The number of anilines is 2. The van der Waals surface area contributed by atoms with Gasteiger partial charge < -0.3 is 20.8 Å². The minimum Gasteiger partial charge on any atom is -0.424 e. The Balaban J connectivity index is 1.97. The van der Waals surface area contributed by atoms with E-state index in [-0.39, 0.29) is 6.01 Å². The summed E-state index contributed by atoms with van der Waals surface area (Å²) in [5.74, 6) is 0.640. The van der Waals surface area contributed by atoms with E-state index in [2.05, 4.69) is 16.9 Å². The van der Waals surface area contributed by atoms with Gasteiger partial charge >= 0.3 is 0 Å². The van der Waals surface area contributed by atoms with Crippen molar-refractivity contribution in [3.8, 4) is 0 Å². The molecule has 3 rings (SSSR count). The van der Waals surface area contributed by atoms with Gasteiger partial charge in [0.05, 0.1) is 0 Å². The van der Waals surface area contributed by atoms with Gasteiger partial charge in [0.15, 0.2) is 5.58 Å². The molecule has 96 valence electrons. The molecule has 1 fully saturated rings. The van der Waals surface area contributed by atoms with Crippen LogP contribution in [0.1, 0.15) is 12.0 Å². The van der Waals surface area contributed by atoms with Crippen molar-refractivity contribution in [3.63, 3.8) is 0 Å². The van der Waals surface area contributed by atoms with Crippen LogP contribution in [0.3, 0.4) is 0 Å². The van der Waals surface area contributed by atoms with E-state index < -0.39 is 0 Å². The standard InChI is InChI=1S/C13H18N4O/c1-17-5-4-8(7-17)6-9-10(14)2-3-11-12(9)16-13(15)18-11/h2-3,8H,4-7,14H2,1H3,(H2,15,16). The Morgan fingerprint density at radius 2 is 2.28 bits per heavy atom. The molecule has 2 heterocycles. The second kappa shape index (κ2) is 4.17. The smallest absolute Gasteiger partial charge is 0.292 e. The lowest BCUT2D eigenvalue weighted by Crippen LogP contribution is -2.15. The second-order valence-electron chi connectivity index (χ2n) is 5.15. The molecule has 0 bridgehead atoms.